The molecule has 0 rings (SSSR count). The van der Waals surface area contributed by atoms with Crippen molar-refractivity contribution in [3.8, 4) is 0 Å². The molecule has 0 saturated heterocycles. The lowest BCUT2D eigenvalue weighted by molar-refractivity contribution is 2.13. The summed E-state index contributed by atoms with van der Waals surface area (Å²) in [5.41, 5.74) is 0. The van der Waals surface area contributed by atoms with Crippen LogP contribution in [0.1, 0.15) is 0 Å². The van der Waals surface area contributed by atoms with Crippen molar-refractivity contribution in [3.63, 3.8) is 0 Å². The molecule has 0 bridgehead atoms. The zero-order valence-electron chi connectivity index (χ0n) is 2.17. The molecule has 3 heteroatoms. The van der Waals surface area contributed by atoms with E-state index < -0.39 is 0 Å². The van der Waals surface area contributed by atoms with Crippen LogP contribution in [-0.2, 0) is 0 Å². The van der Waals surface area contributed by atoms with E-state index in [0.717, 1.165) is 0 Å². The summed E-state index contributed by atoms with van der Waals surface area (Å²) in [5, 5.41) is 0.194. The van der Waals surface area contributed by atoms with Crippen LogP contribution < -0.4 is 6.15 Å². The fraction of sp³-hybridized carbons (Fsp3) is 1.00. The molecule has 0 aromatic carbocycles. The predicted octanol–water partition coefficient (Wildman–Crippen LogP) is 1.58. The second-order valence-electron chi connectivity index (χ2n) is 0.101. The van der Waals surface area contributed by atoms with E-state index in [1.54, 1.807) is 0 Å². The van der Waals surface area contributed by atoms with E-state index in [2.05, 4.69) is 0 Å². The van der Waals surface area contributed by atoms with E-state index in [-0.39, 0.29) is 11.5 Å². The molecule has 0 aromatic rings. The minimum Gasteiger partial charge on any atom is -0.344 e. The molecule has 0 atom stereocenters. The lowest BCUT2D eigenvalue weighted by atomic mass is 11.9. The van der Waals surface area contributed by atoms with Gasteiger partial charge in [0.25, 0.3) is 0 Å². The normalized spacial score (nSPS) is 4.50. The van der Waals surface area contributed by atoms with Gasteiger partial charge in [0.2, 0.25) is 0 Å². The highest BCUT2D eigenvalue weighted by Gasteiger charge is 1.41. The van der Waals surface area contributed by atoms with Crippen molar-refractivity contribution in [3.05, 3.63) is 0 Å². The first-order valence-corrected chi connectivity index (χ1v) is 1.60. The maximum Gasteiger partial charge on any atom is 0.0967 e. The minimum atomic E-state index is 0. The molecule has 0 heterocycles. The molecule has 0 radical (unpaired) electrons. The quantitative estimate of drug-likeness (QED) is 0.463. The summed E-state index contributed by atoms with van der Waals surface area (Å²) in [6.45, 7) is 0. The SMILES string of the molecule is ClCCl.N. The maximum atomic E-state index is 4.76. The molecule has 0 spiro atoms. The second-order valence-corrected chi connectivity index (χ2v) is 0.909. The van der Waals surface area contributed by atoms with Gasteiger partial charge in [0.15, 0.2) is 0 Å². The molecule has 0 aliphatic heterocycles. The van der Waals surface area contributed by atoms with Crippen LogP contribution in [-0.4, -0.2) is 5.34 Å². The van der Waals surface area contributed by atoms with Crippen LogP contribution in [0.4, 0.5) is 0 Å². The van der Waals surface area contributed by atoms with E-state index >= 15 is 0 Å². The Hall–Kier alpha value is 0.540. The smallest absolute Gasteiger partial charge is 0.0967 e. The molecule has 28 valence electrons. The van der Waals surface area contributed by atoms with Crippen LogP contribution in [0.2, 0.25) is 0 Å². The van der Waals surface area contributed by atoms with Gasteiger partial charge in [-0.2, -0.15) is 0 Å². The Morgan fingerprint density at radius 1 is 1.25 bits per heavy atom. The summed E-state index contributed by atoms with van der Waals surface area (Å²) in [7, 11) is 0. The highest BCUT2D eigenvalue weighted by atomic mass is 35.5. The predicted molar refractivity (Wildman–Crippen MR) is 21.6 cm³/mol. The maximum absolute atomic E-state index is 4.76. The van der Waals surface area contributed by atoms with Gasteiger partial charge in [-0.3, -0.25) is 0 Å². The van der Waals surface area contributed by atoms with E-state index in [1.807, 2.05) is 0 Å². The number of halogens is 2. The van der Waals surface area contributed by atoms with Crippen molar-refractivity contribution in [1.29, 1.82) is 0 Å². The van der Waals surface area contributed by atoms with E-state index in [4.69, 9.17) is 23.2 Å². The molecule has 1 nitrogen and oxygen atoms in total. The Morgan fingerprint density at radius 3 is 1.25 bits per heavy atom. The van der Waals surface area contributed by atoms with Gasteiger partial charge in [-0.1, -0.05) is 0 Å². The number of alkyl halides is 2. The molecule has 0 aliphatic rings. The first-order chi connectivity index (χ1) is 1.41. The Balaban J connectivity index is 0. The lowest BCUT2D eigenvalue weighted by Gasteiger charge is -1.42. The highest BCUT2D eigenvalue weighted by Crippen LogP contribution is 1.73. The molecule has 0 fully saturated rings. The average Bonchev–Trinajstić information content (AvgIpc) is 0.918. The molecule has 3 N–H and O–H groups in total. The van der Waals surface area contributed by atoms with Crippen molar-refractivity contribution in [2.24, 2.45) is 0 Å². The van der Waals surface area contributed by atoms with Crippen molar-refractivity contribution in [2.45, 2.75) is 0 Å². The van der Waals surface area contributed by atoms with Gasteiger partial charge in [0, 0.05) is 0 Å². The summed E-state index contributed by atoms with van der Waals surface area (Å²) in [6.07, 6.45) is 0. The Kier molecular flexibility index (Phi) is 21.2. The minimum absolute atomic E-state index is 0. The number of rotatable bonds is 0. The zero-order chi connectivity index (χ0) is 2.71. The van der Waals surface area contributed by atoms with Gasteiger partial charge >= 0.3 is 0 Å². The summed E-state index contributed by atoms with van der Waals surface area (Å²) in [6, 6.07) is 0. The highest BCUT2D eigenvalue weighted by molar-refractivity contribution is 6.40. The van der Waals surface area contributed by atoms with Gasteiger partial charge in [0.05, 0.1) is 5.34 Å². The third-order valence-electron chi connectivity index (χ3n) is 0. The molecular weight excluding hydrogens is 96.9 g/mol. The molecular formula is CH5Cl2N. The molecule has 4 heavy (non-hydrogen) atoms. The van der Waals surface area contributed by atoms with E-state index in [1.165, 1.54) is 0 Å². The largest absolute Gasteiger partial charge is 0.344 e. The summed E-state index contributed by atoms with van der Waals surface area (Å²) >= 11 is 9.53. The van der Waals surface area contributed by atoms with Crippen molar-refractivity contribution in [1.82, 2.24) is 6.15 Å². The molecule has 0 aliphatic carbocycles. The third-order valence-corrected chi connectivity index (χ3v) is 0. The van der Waals surface area contributed by atoms with Gasteiger partial charge in [0.1, 0.15) is 0 Å². The molecule has 0 amide bonds. The lowest BCUT2D eigenvalue weighted by Crippen LogP contribution is -1.24. The van der Waals surface area contributed by atoms with Crippen LogP contribution in [0, 0.1) is 0 Å². The van der Waals surface area contributed by atoms with Gasteiger partial charge < -0.3 is 6.15 Å². The fourth-order valence-corrected chi connectivity index (χ4v) is 0. The number of hydrogen-bond acceptors (Lipinski definition) is 1. The monoisotopic (exact) mass is 101 g/mol. The second kappa shape index (κ2) is 9.63. The molecule has 0 unspecified atom stereocenters. The zero-order valence-corrected chi connectivity index (χ0v) is 3.68. The standard InChI is InChI=1S/CH2Cl2.H3N/c2-1-3;/h1H2;1H3. The molecule has 0 saturated carbocycles. The van der Waals surface area contributed by atoms with Crippen LogP contribution in [0.5, 0.6) is 0 Å². The Bertz CT molecular complexity index is 6.00. The number of hydrogen-bond donors (Lipinski definition) is 1. The fourth-order valence-electron chi connectivity index (χ4n) is 0. The van der Waals surface area contributed by atoms with Crippen LogP contribution in [0.3, 0.4) is 0 Å². The van der Waals surface area contributed by atoms with Crippen molar-refractivity contribution in [2.75, 3.05) is 5.34 Å². The van der Waals surface area contributed by atoms with Crippen LogP contribution in [0.25, 0.3) is 0 Å². The van der Waals surface area contributed by atoms with E-state index in [0.29, 0.717) is 0 Å². The van der Waals surface area contributed by atoms with E-state index in [9.17, 15) is 0 Å². The first-order valence-electron chi connectivity index (χ1n) is 0.535. The topological polar surface area (TPSA) is 35.0 Å². The molecule has 0 aromatic heterocycles. The van der Waals surface area contributed by atoms with Gasteiger partial charge in [-0.25, -0.2) is 0 Å². The third kappa shape index (κ3) is 20.7. The average molecular weight is 102 g/mol. The van der Waals surface area contributed by atoms with Crippen molar-refractivity contribution >= 4 is 23.2 Å². The first kappa shape index (κ1) is 8.82. The van der Waals surface area contributed by atoms with Gasteiger partial charge in [-0.05, 0) is 0 Å². The summed E-state index contributed by atoms with van der Waals surface area (Å²) in [4.78, 5) is 0. The Morgan fingerprint density at radius 2 is 1.25 bits per heavy atom. The van der Waals surface area contributed by atoms with Gasteiger partial charge in [-0.15, -0.1) is 23.2 Å². The van der Waals surface area contributed by atoms with Crippen LogP contribution >= 0.6 is 23.2 Å². The Labute approximate surface area is 35.5 Å². The summed E-state index contributed by atoms with van der Waals surface area (Å²) in [5.74, 6) is 0. The van der Waals surface area contributed by atoms with Crippen molar-refractivity contribution < 1.29 is 0 Å². The summed E-state index contributed by atoms with van der Waals surface area (Å²) < 4.78 is 0. The van der Waals surface area contributed by atoms with Crippen LogP contribution in [0.15, 0.2) is 0 Å².